The van der Waals surface area contributed by atoms with Gasteiger partial charge in [0.1, 0.15) is 12.3 Å². The Kier molecular flexibility index (Phi) is 6.07. The number of anilines is 1. The van der Waals surface area contributed by atoms with Gasteiger partial charge in [-0.15, -0.1) is 0 Å². The van der Waals surface area contributed by atoms with E-state index in [0.717, 1.165) is 5.56 Å². The highest BCUT2D eigenvalue weighted by molar-refractivity contribution is 7.91. The normalized spacial score (nSPS) is 13.6. The van der Waals surface area contributed by atoms with Gasteiger partial charge in [-0.05, 0) is 36.2 Å². The number of ether oxygens (including phenoxy) is 1. The Morgan fingerprint density at radius 3 is 2.62 bits per heavy atom. The molecule has 3 rings (SSSR count). The highest BCUT2D eigenvalue weighted by Crippen LogP contribution is 2.34. The highest BCUT2D eigenvalue weighted by Gasteiger charge is 2.27. The molecule has 0 bridgehead atoms. The number of sulfone groups is 1. The Bertz CT molecular complexity index is 1020. The number of fused-ring (bicyclic) bond motifs is 1. The molecule has 0 radical (unpaired) electrons. The third-order valence-electron chi connectivity index (χ3n) is 4.56. The monoisotopic (exact) mass is 418 g/mol. The number of carbonyl (C=O) groups excluding carboxylic acids is 2. The van der Waals surface area contributed by atoms with Crippen molar-refractivity contribution in [2.24, 2.45) is 0 Å². The van der Waals surface area contributed by atoms with Gasteiger partial charge >= 0.3 is 5.97 Å². The minimum Gasteiger partial charge on any atom is -0.508 e. The van der Waals surface area contributed by atoms with Crippen LogP contribution in [0.15, 0.2) is 47.4 Å². The summed E-state index contributed by atoms with van der Waals surface area (Å²) in [7, 11) is -3.44. The first kappa shape index (κ1) is 20.7. The second kappa shape index (κ2) is 8.52. The molecule has 0 aromatic heterocycles. The van der Waals surface area contributed by atoms with Gasteiger partial charge in [-0.1, -0.05) is 19.1 Å². The number of hydrogen-bond acceptors (Lipinski definition) is 7. The fourth-order valence-corrected chi connectivity index (χ4v) is 3.87. The molecule has 1 heterocycles. The molecule has 1 amide bonds. The van der Waals surface area contributed by atoms with Gasteiger partial charge in [-0.3, -0.25) is 4.79 Å². The second-order valence-corrected chi connectivity index (χ2v) is 8.91. The molecule has 0 aliphatic carbocycles. The molecular weight excluding hydrogens is 396 g/mol. The molecule has 2 N–H and O–H groups in total. The van der Waals surface area contributed by atoms with Gasteiger partial charge in [0.2, 0.25) is 5.91 Å². The number of carbonyl (C=O) groups is 2. The van der Waals surface area contributed by atoms with Gasteiger partial charge in [0, 0.05) is 12.6 Å². The van der Waals surface area contributed by atoms with E-state index in [4.69, 9.17) is 4.74 Å². The standard InChI is InChI=1S/C20H22N2O6S/c1-2-29(26,27)16-7-8-17-18(11-16)28-20(25)13-22(17)12-19(24)21-10-9-14-3-5-15(23)6-4-14/h3-8,11,23H,2,9-10,12-13H2,1H3,(H,21,24). The van der Waals surface area contributed by atoms with Gasteiger partial charge in [0.25, 0.3) is 0 Å². The van der Waals surface area contributed by atoms with Crippen molar-refractivity contribution in [2.45, 2.75) is 18.2 Å². The molecule has 9 heteroatoms. The number of rotatable bonds is 7. The zero-order valence-corrected chi connectivity index (χ0v) is 16.7. The Balaban J connectivity index is 1.64. The van der Waals surface area contributed by atoms with Crippen LogP contribution in [0.4, 0.5) is 5.69 Å². The molecule has 0 spiro atoms. The number of nitrogens with zero attached hydrogens (tertiary/aromatic N) is 1. The average molecular weight is 418 g/mol. The first-order chi connectivity index (χ1) is 13.8. The molecule has 0 saturated carbocycles. The van der Waals surface area contributed by atoms with E-state index in [2.05, 4.69) is 5.32 Å². The summed E-state index contributed by atoms with van der Waals surface area (Å²) in [6.45, 7) is 1.79. The van der Waals surface area contributed by atoms with Crippen molar-refractivity contribution >= 4 is 27.4 Å². The molecule has 8 nitrogen and oxygen atoms in total. The van der Waals surface area contributed by atoms with Gasteiger partial charge in [-0.25, -0.2) is 13.2 Å². The number of phenolic OH excluding ortho intramolecular Hbond substituents is 1. The molecule has 29 heavy (non-hydrogen) atoms. The predicted octanol–water partition coefficient (Wildman–Crippen LogP) is 1.27. The van der Waals surface area contributed by atoms with E-state index in [1.807, 2.05) is 0 Å². The molecule has 1 aliphatic rings. The molecule has 154 valence electrons. The summed E-state index contributed by atoms with van der Waals surface area (Å²) < 4.78 is 29.3. The Morgan fingerprint density at radius 2 is 1.93 bits per heavy atom. The summed E-state index contributed by atoms with van der Waals surface area (Å²) in [5.41, 5.74) is 1.47. The summed E-state index contributed by atoms with van der Waals surface area (Å²) in [4.78, 5) is 25.8. The zero-order valence-electron chi connectivity index (χ0n) is 15.9. The van der Waals surface area contributed by atoms with Crippen molar-refractivity contribution in [3.05, 3.63) is 48.0 Å². The molecule has 0 fully saturated rings. The molecule has 2 aromatic carbocycles. The minimum absolute atomic E-state index is 0.0580. The van der Waals surface area contributed by atoms with E-state index in [9.17, 15) is 23.1 Å². The largest absolute Gasteiger partial charge is 0.508 e. The van der Waals surface area contributed by atoms with Crippen molar-refractivity contribution in [1.29, 1.82) is 0 Å². The van der Waals surface area contributed by atoms with E-state index < -0.39 is 15.8 Å². The number of amides is 1. The lowest BCUT2D eigenvalue weighted by Crippen LogP contribution is -2.43. The number of nitrogens with one attached hydrogen (secondary N) is 1. The van der Waals surface area contributed by atoms with Crippen LogP contribution in [-0.4, -0.2) is 50.8 Å². The summed E-state index contributed by atoms with van der Waals surface area (Å²) >= 11 is 0. The molecule has 0 saturated heterocycles. The van der Waals surface area contributed by atoms with Crippen LogP contribution in [0.5, 0.6) is 11.5 Å². The third kappa shape index (κ3) is 5.05. The van der Waals surface area contributed by atoms with Gasteiger partial charge < -0.3 is 20.1 Å². The summed E-state index contributed by atoms with van der Waals surface area (Å²) in [6.07, 6.45) is 0.600. The lowest BCUT2D eigenvalue weighted by atomic mass is 10.1. The van der Waals surface area contributed by atoms with Crippen LogP contribution < -0.4 is 15.0 Å². The maximum Gasteiger partial charge on any atom is 0.331 e. The maximum atomic E-state index is 12.3. The molecule has 0 unspecified atom stereocenters. The van der Waals surface area contributed by atoms with Gasteiger partial charge in [-0.2, -0.15) is 0 Å². The molecule has 1 aliphatic heterocycles. The fourth-order valence-electron chi connectivity index (χ4n) is 2.97. The lowest BCUT2D eigenvalue weighted by Gasteiger charge is -2.29. The average Bonchev–Trinajstić information content (AvgIpc) is 2.69. The SMILES string of the molecule is CCS(=O)(=O)c1ccc2c(c1)OC(=O)CN2CC(=O)NCCc1ccc(O)cc1. The predicted molar refractivity (Wildman–Crippen MR) is 107 cm³/mol. The van der Waals surface area contributed by atoms with Crippen LogP contribution in [-0.2, 0) is 25.8 Å². The fraction of sp³-hybridized carbons (Fsp3) is 0.300. The molecular formula is C20H22N2O6S. The zero-order chi connectivity index (χ0) is 21.0. The lowest BCUT2D eigenvalue weighted by molar-refractivity contribution is -0.133. The maximum absolute atomic E-state index is 12.3. The number of benzene rings is 2. The van der Waals surface area contributed by atoms with Crippen LogP contribution in [0, 0.1) is 0 Å². The Morgan fingerprint density at radius 1 is 1.21 bits per heavy atom. The quantitative estimate of drug-likeness (QED) is 0.514. The number of esters is 1. The van der Waals surface area contributed by atoms with E-state index in [0.29, 0.717) is 18.7 Å². The molecule has 2 aromatic rings. The van der Waals surface area contributed by atoms with Gasteiger partial charge in [0.15, 0.2) is 15.6 Å². The number of hydrogen-bond donors (Lipinski definition) is 2. The van der Waals surface area contributed by atoms with Crippen molar-refractivity contribution in [1.82, 2.24) is 5.32 Å². The van der Waals surface area contributed by atoms with Crippen molar-refractivity contribution < 1.29 is 27.9 Å². The smallest absolute Gasteiger partial charge is 0.331 e. The van der Waals surface area contributed by atoms with Crippen molar-refractivity contribution in [3.8, 4) is 11.5 Å². The van der Waals surface area contributed by atoms with Crippen LogP contribution in [0.3, 0.4) is 0 Å². The van der Waals surface area contributed by atoms with Crippen LogP contribution >= 0.6 is 0 Å². The van der Waals surface area contributed by atoms with E-state index >= 15 is 0 Å². The van der Waals surface area contributed by atoms with Crippen LogP contribution in [0.2, 0.25) is 0 Å². The van der Waals surface area contributed by atoms with E-state index in [1.54, 1.807) is 35.2 Å². The summed E-state index contributed by atoms with van der Waals surface area (Å²) in [5, 5.41) is 12.1. The van der Waals surface area contributed by atoms with Crippen molar-refractivity contribution in [3.63, 3.8) is 0 Å². The minimum atomic E-state index is -3.44. The first-order valence-corrected chi connectivity index (χ1v) is 10.8. The molecule has 0 atom stereocenters. The topological polar surface area (TPSA) is 113 Å². The first-order valence-electron chi connectivity index (χ1n) is 9.15. The van der Waals surface area contributed by atoms with Crippen LogP contribution in [0.25, 0.3) is 0 Å². The summed E-state index contributed by atoms with van der Waals surface area (Å²) in [5.74, 6) is -0.571. The third-order valence-corrected chi connectivity index (χ3v) is 6.29. The second-order valence-electron chi connectivity index (χ2n) is 6.63. The van der Waals surface area contributed by atoms with Crippen LogP contribution in [0.1, 0.15) is 12.5 Å². The van der Waals surface area contributed by atoms with Crippen molar-refractivity contribution in [2.75, 3.05) is 30.3 Å². The van der Waals surface area contributed by atoms with E-state index in [-0.39, 0.29) is 41.1 Å². The van der Waals surface area contributed by atoms with E-state index in [1.165, 1.54) is 19.1 Å². The Hall–Kier alpha value is -3.07. The Labute approximate surface area is 169 Å². The summed E-state index contributed by atoms with van der Waals surface area (Å²) in [6, 6.07) is 11.0. The highest BCUT2D eigenvalue weighted by atomic mass is 32.2. The van der Waals surface area contributed by atoms with Gasteiger partial charge in [0.05, 0.1) is 22.9 Å². The number of phenols is 1. The number of aromatic hydroxyl groups is 1.